The van der Waals surface area contributed by atoms with Crippen LogP contribution in [0.1, 0.15) is 47.6 Å². The summed E-state index contributed by atoms with van der Waals surface area (Å²) in [6.45, 7) is 4.25. The van der Waals surface area contributed by atoms with Gasteiger partial charge in [-0.15, -0.1) is 0 Å². The third kappa shape index (κ3) is 7.24. The minimum Gasteiger partial charge on any atom is -0.481 e. The average molecular weight is 799 g/mol. The lowest BCUT2D eigenvalue weighted by atomic mass is 9.95. The summed E-state index contributed by atoms with van der Waals surface area (Å²) in [5, 5.41) is 30.4. The Kier molecular flexibility index (Phi) is 10.8. The topological polar surface area (TPSA) is 162 Å². The number of pyridine rings is 2. The summed E-state index contributed by atoms with van der Waals surface area (Å²) >= 11 is 14.0. The quantitative estimate of drug-likeness (QED) is 0.159. The SMILES string of the molecule is CN=c1c2nc(-c3cccc(-c4cccc5c4CC[C@@H]5Oc4nc(OC)c(CN5CC[C@@H](O)C5)cc4Cl)c3Cl)oc2c(C#N)cn1CCN1CC[C@@H](C(=O)O)C1. The van der Waals surface area contributed by atoms with E-state index in [-0.39, 0.29) is 24.0 Å². The minimum atomic E-state index is -0.775. The Morgan fingerprint density at radius 1 is 1.04 bits per heavy atom. The predicted molar refractivity (Wildman–Crippen MR) is 210 cm³/mol. The molecule has 3 aliphatic rings. The van der Waals surface area contributed by atoms with Crippen molar-refractivity contribution in [2.75, 3.05) is 46.9 Å². The maximum Gasteiger partial charge on any atom is 0.307 e. The van der Waals surface area contributed by atoms with Crippen LogP contribution in [-0.4, -0.2) is 93.5 Å². The Balaban J connectivity index is 1.07. The summed E-state index contributed by atoms with van der Waals surface area (Å²) in [4.78, 5) is 29.8. The summed E-state index contributed by atoms with van der Waals surface area (Å²) in [7, 11) is 3.24. The van der Waals surface area contributed by atoms with Gasteiger partial charge in [0.05, 0.1) is 29.7 Å². The highest BCUT2D eigenvalue weighted by atomic mass is 35.5. The van der Waals surface area contributed by atoms with E-state index in [1.807, 2.05) is 41.0 Å². The van der Waals surface area contributed by atoms with E-state index < -0.39 is 5.97 Å². The highest BCUT2D eigenvalue weighted by Crippen LogP contribution is 2.45. The lowest BCUT2D eigenvalue weighted by Crippen LogP contribution is -2.31. The molecule has 2 aliphatic heterocycles. The van der Waals surface area contributed by atoms with Crippen LogP contribution in [0.4, 0.5) is 0 Å². The van der Waals surface area contributed by atoms with Crippen molar-refractivity contribution in [2.45, 2.75) is 51.0 Å². The summed E-state index contributed by atoms with van der Waals surface area (Å²) in [5.41, 5.74) is 6.92. The molecule has 3 aromatic heterocycles. The van der Waals surface area contributed by atoms with Crippen LogP contribution in [0.5, 0.6) is 11.8 Å². The second-order valence-corrected chi connectivity index (χ2v) is 15.3. The summed E-state index contributed by atoms with van der Waals surface area (Å²) < 4.78 is 20.3. The van der Waals surface area contributed by atoms with Crippen molar-refractivity contribution in [3.8, 4) is 40.4 Å². The molecule has 8 rings (SSSR count). The van der Waals surface area contributed by atoms with Crippen LogP contribution in [0.3, 0.4) is 0 Å². The van der Waals surface area contributed by atoms with Gasteiger partial charge in [-0.2, -0.15) is 10.2 Å². The summed E-state index contributed by atoms with van der Waals surface area (Å²) in [6.07, 6.45) is 3.88. The molecule has 0 radical (unpaired) electrons. The fourth-order valence-electron chi connectivity index (χ4n) is 8.25. The molecule has 0 amide bonds. The third-order valence-corrected chi connectivity index (χ3v) is 11.7. The third-order valence-electron chi connectivity index (χ3n) is 11.1. The maximum absolute atomic E-state index is 11.5. The van der Waals surface area contributed by atoms with Crippen LogP contribution in [0.15, 0.2) is 58.1 Å². The van der Waals surface area contributed by atoms with Crippen LogP contribution in [-0.2, 0) is 24.3 Å². The zero-order chi connectivity index (χ0) is 39.1. The molecule has 2 N–H and O–H groups in total. The number of benzene rings is 2. The molecule has 0 bridgehead atoms. The van der Waals surface area contributed by atoms with Crippen LogP contribution in [0.2, 0.25) is 10.0 Å². The molecule has 2 aromatic carbocycles. The van der Waals surface area contributed by atoms with Crippen LogP contribution < -0.4 is 15.0 Å². The molecular weight excluding hydrogens is 757 g/mol. The fourth-order valence-corrected chi connectivity index (χ4v) is 8.77. The van der Waals surface area contributed by atoms with Crippen molar-refractivity contribution < 1.29 is 28.9 Å². The number of nitrogens with zero attached hydrogens (tertiary/aromatic N) is 7. The molecule has 13 nitrogen and oxygen atoms in total. The number of fused-ring (bicyclic) bond motifs is 2. The molecule has 2 saturated heterocycles. The average Bonchev–Trinajstić information content (AvgIpc) is 4.02. The number of aromatic nitrogens is 3. The number of carboxylic acid groups (broad SMARTS) is 1. The zero-order valence-electron chi connectivity index (χ0n) is 31.0. The zero-order valence-corrected chi connectivity index (χ0v) is 32.6. The molecule has 290 valence electrons. The van der Waals surface area contributed by atoms with E-state index in [0.717, 1.165) is 47.2 Å². The van der Waals surface area contributed by atoms with Crippen molar-refractivity contribution in [1.82, 2.24) is 24.3 Å². The first-order valence-electron chi connectivity index (χ1n) is 18.7. The Hall–Kier alpha value is -4.97. The normalized spacial score (nSPS) is 20.1. The van der Waals surface area contributed by atoms with E-state index in [4.69, 9.17) is 42.1 Å². The number of hydrogen-bond acceptors (Lipinski definition) is 11. The van der Waals surface area contributed by atoms with Gasteiger partial charge in [-0.1, -0.05) is 53.5 Å². The van der Waals surface area contributed by atoms with Gasteiger partial charge in [0.1, 0.15) is 22.8 Å². The first-order chi connectivity index (χ1) is 27.1. The van der Waals surface area contributed by atoms with Crippen molar-refractivity contribution >= 4 is 40.3 Å². The van der Waals surface area contributed by atoms with Gasteiger partial charge < -0.3 is 33.6 Å². The first-order valence-corrected chi connectivity index (χ1v) is 19.4. The van der Waals surface area contributed by atoms with Gasteiger partial charge in [-0.25, -0.2) is 4.98 Å². The number of hydrogen-bond donors (Lipinski definition) is 2. The Bertz CT molecular complexity index is 2440. The van der Waals surface area contributed by atoms with E-state index in [1.54, 1.807) is 20.4 Å². The molecular formula is C41H41Cl2N7O6. The number of aliphatic carboxylic acids is 1. The number of methoxy groups -OCH3 is 1. The van der Waals surface area contributed by atoms with Gasteiger partial charge in [-0.05, 0) is 61.1 Å². The predicted octanol–water partition coefficient (Wildman–Crippen LogP) is 6.12. The molecule has 2 fully saturated rings. The highest BCUT2D eigenvalue weighted by molar-refractivity contribution is 6.36. The second-order valence-electron chi connectivity index (χ2n) is 14.5. The maximum atomic E-state index is 11.5. The molecule has 0 spiro atoms. The van der Waals surface area contributed by atoms with E-state index in [1.165, 1.54) is 0 Å². The van der Waals surface area contributed by atoms with Crippen molar-refractivity contribution in [1.29, 1.82) is 5.26 Å². The molecule has 0 saturated carbocycles. The molecule has 0 unspecified atom stereocenters. The second kappa shape index (κ2) is 15.9. The molecule has 56 heavy (non-hydrogen) atoms. The number of halogens is 2. The Labute approximate surface area is 333 Å². The van der Waals surface area contributed by atoms with Gasteiger partial charge in [0, 0.05) is 63.6 Å². The monoisotopic (exact) mass is 797 g/mol. The van der Waals surface area contributed by atoms with Crippen molar-refractivity contribution in [3.05, 3.63) is 86.4 Å². The standard InChI is InChI=1S/C41H41Cl2N7O6/c1-45-37-35-36(25(18-44)21-50(37)16-15-48-13-11-23(19-48)41(52)53)56-39(46-35)31-8-4-7-30(34(31)43)27-5-3-6-29-28(27)9-10-33(29)55-40-32(42)17-24(38(47-40)54-2)20-49-14-12-26(51)22-49/h3-8,17,21,23,26,33,51H,9-16,19-20,22H2,1-2H3,(H,52,53)/t23-,26-,33+/m1/s1. The van der Waals surface area contributed by atoms with E-state index in [9.17, 15) is 20.3 Å². The lowest BCUT2D eigenvalue weighted by Gasteiger charge is -2.20. The number of β-amino-alcohol motifs (C(OH)–C–C–N with tert-alkyl or cyclic N) is 1. The molecule has 15 heteroatoms. The fraction of sp³-hybridized carbons (Fsp3) is 0.390. The lowest BCUT2D eigenvalue weighted by molar-refractivity contribution is -0.141. The van der Waals surface area contributed by atoms with E-state index in [2.05, 4.69) is 31.9 Å². The summed E-state index contributed by atoms with van der Waals surface area (Å²) in [6, 6.07) is 15.9. The number of ether oxygens (including phenoxy) is 2. The molecule has 1 aliphatic carbocycles. The Morgan fingerprint density at radius 2 is 1.82 bits per heavy atom. The molecule has 5 heterocycles. The van der Waals surface area contributed by atoms with Gasteiger partial charge in [0.25, 0.3) is 0 Å². The van der Waals surface area contributed by atoms with Gasteiger partial charge in [0.15, 0.2) is 16.6 Å². The highest BCUT2D eigenvalue weighted by Gasteiger charge is 2.31. The largest absolute Gasteiger partial charge is 0.481 e. The summed E-state index contributed by atoms with van der Waals surface area (Å²) in [5.74, 6) is -0.141. The number of carbonyl (C=O) groups is 1. The van der Waals surface area contributed by atoms with E-state index in [0.29, 0.717) is 102 Å². The van der Waals surface area contributed by atoms with Gasteiger partial charge in [0.2, 0.25) is 17.7 Å². The van der Waals surface area contributed by atoms with Crippen molar-refractivity contribution in [2.24, 2.45) is 10.9 Å². The van der Waals surface area contributed by atoms with Crippen LogP contribution in [0.25, 0.3) is 33.7 Å². The molecule has 5 aromatic rings. The van der Waals surface area contributed by atoms with Crippen LogP contribution in [0, 0.1) is 17.2 Å². The number of aliphatic hydroxyl groups is 1. The smallest absolute Gasteiger partial charge is 0.307 e. The number of rotatable bonds is 11. The van der Waals surface area contributed by atoms with Gasteiger partial charge in [-0.3, -0.25) is 14.7 Å². The number of oxazole rings is 1. The molecule has 3 atom stereocenters. The number of likely N-dealkylation sites (tertiary alicyclic amines) is 2. The number of carboxylic acids is 1. The Morgan fingerprint density at radius 3 is 2.55 bits per heavy atom. The van der Waals surface area contributed by atoms with E-state index >= 15 is 0 Å². The van der Waals surface area contributed by atoms with Crippen LogP contribution >= 0.6 is 23.2 Å². The minimum absolute atomic E-state index is 0.266. The van der Waals surface area contributed by atoms with Gasteiger partial charge >= 0.3 is 5.97 Å². The first kappa shape index (κ1) is 37.9. The number of nitriles is 1. The number of aliphatic hydroxyl groups excluding tert-OH is 1. The van der Waals surface area contributed by atoms with Crippen molar-refractivity contribution in [3.63, 3.8) is 0 Å².